The molecule has 0 spiro atoms. The Kier molecular flexibility index (Phi) is 6.71. The van der Waals surface area contributed by atoms with Gasteiger partial charge in [0.15, 0.2) is 0 Å². The van der Waals surface area contributed by atoms with Crippen molar-refractivity contribution in [2.75, 3.05) is 22.1 Å². The molecule has 2 aromatic rings. The van der Waals surface area contributed by atoms with Gasteiger partial charge in [0.2, 0.25) is 17.7 Å². The number of hydrogen-bond donors (Lipinski definition) is 2. The van der Waals surface area contributed by atoms with Crippen molar-refractivity contribution in [3.8, 4) is 0 Å². The average Bonchev–Trinajstić information content (AvgIpc) is 2.60. The van der Waals surface area contributed by atoms with E-state index in [2.05, 4.69) is 10.6 Å². The van der Waals surface area contributed by atoms with Crippen molar-refractivity contribution >= 4 is 34.8 Å². The molecule has 2 rings (SSSR count). The van der Waals surface area contributed by atoms with Gasteiger partial charge in [-0.25, -0.2) is 0 Å². The van der Waals surface area contributed by atoms with Gasteiger partial charge in [0.1, 0.15) is 6.54 Å². The molecule has 2 N–H and O–H groups in total. The zero-order valence-electron chi connectivity index (χ0n) is 16.1. The van der Waals surface area contributed by atoms with Gasteiger partial charge in [0, 0.05) is 30.9 Å². The first kappa shape index (κ1) is 20.2. The molecule has 0 saturated carbocycles. The smallest absolute Gasteiger partial charge is 0.244 e. The molecule has 27 heavy (non-hydrogen) atoms. The third kappa shape index (κ3) is 5.41. The van der Waals surface area contributed by atoms with Gasteiger partial charge in [-0.15, -0.1) is 0 Å². The van der Waals surface area contributed by atoms with Crippen molar-refractivity contribution < 1.29 is 14.4 Å². The van der Waals surface area contributed by atoms with Gasteiger partial charge in [-0.1, -0.05) is 31.2 Å². The highest BCUT2D eigenvalue weighted by Crippen LogP contribution is 2.22. The number of hydrogen-bond acceptors (Lipinski definition) is 3. The first-order valence-electron chi connectivity index (χ1n) is 8.86. The highest BCUT2D eigenvalue weighted by molar-refractivity contribution is 6.02. The number of carbonyl (C=O) groups excluding carboxylic acids is 3. The number of rotatable bonds is 6. The third-order valence-electron chi connectivity index (χ3n) is 4.16. The maximum absolute atomic E-state index is 12.6. The minimum Gasteiger partial charge on any atom is -0.326 e. The maximum atomic E-state index is 12.6. The molecule has 0 atom stereocenters. The summed E-state index contributed by atoms with van der Waals surface area (Å²) in [4.78, 5) is 37.3. The van der Waals surface area contributed by atoms with E-state index < -0.39 is 0 Å². The van der Waals surface area contributed by atoms with Gasteiger partial charge in [-0.3, -0.25) is 14.4 Å². The number of nitrogens with zero attached hydrogens (tertiary/aromatic N) is 1. The predicted molar refractivity (Wildman–Crippen MR) is 108 cm³/mol. The summed E-state index contributed by atoms with van der Waals surface area (Å²) >= 11 is 0. The van der Waals surface area contributed by atoms with E-state index in [1.807, 2.05) is 32.0 Å². The quantitative estimate of drug-likeness (QED) is 0.820. The van der Waals surface area contributed by atoms with Gasteiger partial charge < -0.3 is 15.5 Å². The number of amides is 3. The number of anilines is 3. The molecule has 0 aliphatic rings. The summed E-state index contributed by atoms with van der Waals surface area (Å²) in [6.45, 7) is 6.67. The van der Waals surface area contributed by atoms with Crippen LogP contribution in [0.3, 0.4) is 0 Å². The Bertz CT molecular complexity index is 862. The maximum Gasteiger partial charge on any atom is 0.244 e. The number of benzene rings is 2. The Morgan fingerprint density at radius 2 is 1.70 bits per heavy atom. The number of para-hydroxylation sites is 1. The van der Waals surface area contributed by atoms with Crippen LogP contribution in [0.15, 0.2) is 42.5 Å². The third-order valence-corrected chi connectivity index (χ3v) is 4.16. The van der Waals surface area contributed by atoms with E-state index in [0.29, 0.717) is 11.4 Å². The Labute approximate surface area is 159 Å². The molecule has 0 aliphatic carbocycles. The van der Waals surface area contributed by atoms with Gasteiger partial charge in [0.05, 0.1) is 0 Å². The van der Waals surface area contributed by atoms with E-state index in [9.17, 15) is 14.4 Å². The summed E-state index contributed by atoms with van der Waals surface area (Å²) in [5.74, 6) is -0.740. The standard InChI is InChI=1S/C21H25N3O3/c1-5-17-9-6-8-14(2)21(17)23-20(27)13-24(16(4)26)19-11-7-10-18(12-19)22-15(3)25/h6-12H,5,13H2,1-4H3,(H,22,25)(H,23,27). The van der Waals surface area contributed by atoms with Crippen molar-refractivity contribution in [1.29, 1.82) is 0 Å². The molecule has 6 nitrogen and oxygen atoms in total. The number of aryl methyl sites for hydroxylation is 2. The van der Waals surface area contributed by atoms with Gasteiger partial charge in [-0.2, -0.15) is 0 Å². The molecule has 0 heterocycles. The second-order valence-corrected chi connectivity index (χ2v) is 6.35. The fourth-order valence-electron chi connectivity index (χ4n) is 2.86. The molecule has 0 fully saturated rings. The molecule has 0 radical (unpaired) electrons. The largest absolute Gasteiger partial charge is 0.326 e. The Morgan fingerprint density at radius 3 is 2.33 bits per heavy atom. The lowest BCUT2D eigenvalue weighted by Gasteiger charge is -2.22. The summed E-state index contributed by atoms with van der Waals surface area (Å²) in [5.41, 5.74) is 3.93. The van der Waals surface area contributed by atoms with E-state index in [4.69, 9.17) is 0 Å². The molecule has 0 bridgehead atoms. The van der Waals surface area contributed by atoms with E-state index >= 15 is 0 Å². The van der Waals surface area contributed by atoms with E-state index in [1.54, 1.807) is 24.3 Å². The van der Waals surface area contributed by atoms with E-state index in [1.165, 1.54) is 18.7 Å². The summed E-state index contributed by atoms with van der Waals surface area (Å²) in [6, 6.07) is 12.7. The molecular weight excluding hydrogens is 342 g/mol. The summed E-state index contributed by atoms with van der Waals surface area (Å²) in [6.07, 6.45) is 0.798. The first-order chi connectivity index (χ1) is 12.8. The second kappa shape index (κ2) is 8.98. The van der Waals surface area contributed by atoms with Crippen molar-refractivity contribution in [3.63, 3.8) is 0 Å². The van der Waals surface area contributed by atoms with Crippen molar-refractivity contribution in [2.24, 2.45) is 0 Å². The van der Waals surface area contributed by atoms with Crippen LogP contribution in [0.25, 0.3) is 0 Å². The van der Waals surface area contributed by atoms with Gasteiger partial charge >= 0.3 is 0 Å². The van der Waals surface area contributed by atoms with Crippen LogP contribution in [-0.4, -0.2) is 24.3 Å². The molecular formula is C21H25N3O3. The molecule has 6 heteroatoms. The molecule has 0 aromatic heterocycles. The first-order valence-corrected chi connectivity index (χ1v) is 8.86. The van der Waals surface area contributed by atoms with Gasteiger partial charge in [0.25, 0.3) is 0 Å². The summed E-state index contributed by atoms with van der Waals surface area (Å²) in [5, 5.41) is 5.61. The van der Waals surface area contributed by atoms with E-state index in [-0.39, 0.29) is 24.3 Å². The van der Waals surface area contributed by atoms with Crippen molar-refractivity contribution in [1.82, 2.24) is 0 Å². The van der Waals surface area contributed by atoms with E-state index in [0.717, 1.165) is 23.2 Å². The minimum absolute atomic E-state index is 0.115. The lowest BCUT2D eigenvalue weighted by atomic mass is 10.1. The average molecular weight is 367 g/mol. The lowest BCUT2D eigenvalue weighted by molar-refractivity contribution is -0.120. The molecule has 3 amide bonds. The zero-order chi connectivity index (χ0) is 20.0. The van der Waals surface area contributed by atoms with Crippen LogP contribution in [0, 0.1) is 6.92 Å². The van der Waals surface area contributed by atoms with Crippen LogP contribution < -0.4 is 15.5 Å². The Hall–Kier alpha value is -3.15. The van der Waals surface area contributed by atoms with Crippen LogP contribution in [0.1, 0.15) is 31.9 Å². The second-order valence-electron chi connectivity index (χ2n) is 6.35. The monoisotopic (exact) mass is 367 g/mol. The van der Waals surface area contributed by atoms with Crippen molar-refractivity contribution in [2.45, 2.75) is 34.1 Å². The molecule has 142 valence electrons. The fourth-order valence-corrected chi connectivity index (χ4v) is 2.86. The lowest BCUT2D eigenvalue weighted by Crippen LogP contribution is -2.37. The van der Waals surface area contributed by atoms with Crippen LogP contribution in [-0.2, 0) is 20.8 Å². The molecule has 0 unspecified atom stereocenters. The molecule has 2 aromatic carbocycles. The number of carbonyl (C=O) groups is 3. The topological polar surface area (TPSA) is 78.5 Å². The SMILES string of the molecule is CCc1cccc(C)c1NC(=O)CN(C(C)=O)c1cccc(NC(C)=O)c1. The predicted octanol–water partition coefficient (Wildman–Crippen LogP) is 3.51. The van der Waals surface area contributed by atoms with Crippen LogP contribution in [0.5, 0.6) is 0 Å². The number of nitrogens with one attached hydrogen (secondary N) is 2. The highest BCUT2D eigenvalue weighted by atomic mass is 16.2. The molecule has 0 saturated heterocycles. The highest BCUT2D eigenvalue weighted by Gasteiger charge is 2.17. The van der Waals surface area contributed by atoms with Crippen LogP contribution >= 0.6 is 0 Å². The van der Waals surface area contributed by atoms with Crippen molar-refractivity contribution in [3.05, 3.63) is 53.6 Å². The minimum atomic E-state index is -0.279. The van der Waals surface area contributed by atoms with Crippen LogP contribution in [0.4, 0.5) is 17.1 Å². The molecule has 0 aliphatic heterocycles. The summed E-state index contributed by atoms with van der Waals surface area (Å²) < 4.78 is 0. The normalized spacial score (nSPS) is 10.2. The fraction of sp³-hybridized carbons (Fsp3) is 0.286. The Morgan fingerprint density at radius 1 is 1.00 bits per heavy atom. The zero-order valence-corrected chi connectivity index (χ0v) is 16.1. The van der Waals surface area contributed by atoms with Crippen LogP contribution in [0.2, 0.25) is 0 Å². The Balaban J connectivity index is 2.21. The summed E-state index contributed by atoms with van der Waals surface area (Å²) in [7, 11) is 0. The van der Waals surface area contributed by atoms with Gasteiger partial charge in [-0.05, 0) is 42.7 Å².